The number of esters is 1. The van der Waals surface area contributed by atoms with Gasteiger partial charge in [0.2, 0.25) is 0 Å². The van der Waals surface area contributed by atoms with Gasteiger partial charge in [0.15, 0.2) is 6.10 Å². The molecule has 28 heavy (non-hydrogen) atoms. The Labute approximate surface area is 169 Å². The van der Waals surface area contributed by atoms with Crippen molar-refractivity contribution in [3.05, 3.63) is 69.7 Å². The number of benzene rings is 2. The standard InChI is InChI=1S/C21H23ClN2O4/c1-13-8-14(2)10-17(9-13)21(27)24-12-19(25)28-15(3)20(26)23-11-16-6-4-5-7-18(16)22/h4-10,15H,11-12H2,1-3H3,(H,23,26)(H,24,27). The summed E-state index contributed by atoms with van der Waals surface area (Å²) in [5.74, 6) is -1.52. The molecule has 0 radical (unpaired) electrons. The summed E-state index contributed by atoms with van der Waals surface area (Å²) in [4.78, 5) is 36.2. The van der Waals surface area contributed by atoms with Crippen molar-refractivity contribution < 1.29 is 19.1 Å². The average Bonchev–Trinajstić information content (AvgIpc) is 2.64. The van der Waals surface area contributed by atoms with Gasteiger partial charge in [-0.3, -0.25) is 14.4 Å². The minimum Gasteiger partial charge on any atom is -0.451 e. The van der Waals surface area contributed by atoms with Crippen LogP contribution >= 0.6 is 11.6 Å². The summed E-state index contributed by atoms with van der Waals surface area (Å²) in [5.41, 5.74) is 3.14. The molecule has 6 nitrogen and oxygen atoms in total. The van der Waals surface area contributed by atoms with E-state index in [-0.39, 0.29) is 19.0 Å². The molecular formula is C21H23ClN2O4. The van der Waals surface area contributed by atoms with Gasteiger partial charge in [-0.05, 0) is 44.5 Å². The highest BCUT2D eigenvalue weighted by atomic mass is 35.5. The van der Waals surface area contributed by atoms with Crippen LogP contribution in [0.1, 0.15) is 34.0 Å². The van der Waals surface area contributed by atoms with E-state index in [0.717, 1.165) is 16.7 Å². The number of aryl methyl sites for hydroxylation is 2. The first-order chi connectivity index (χ1) is 13.3. The molecule has 0 bridgehead atoms. The summed E-state index contributed by atoms with van der Waals surface area (Å²) in [6.07, 6.45) is -0.992. The molecule has 2 N–H and O–H groups in total. The van der Waals surface area contributed by atoms with E-state index in [2.05, 4.69) is 10.6 Å². The van der Waals surface area contributed by atoms with Crippen molar-refractivity contribution in [2.45, 2.75) is 33.4 Å². The SMILES string of the molecule is Cc1cc(C)cc(C(=O)NCC(=O)OC(C)C(=O)NCc2ccccc2Cl)c1. The van der Waals surface area contributed by atoms with Gasteiger partial charge in [0, 0.05) is 17.1 Å². The second-order valence-electron chi connectivity index (χ2n) is 6.50. The Kier molecular flexibility index (Phi) is 7.58. The zero-order chi connectivity index (χ0) is 20.7. The molecule has 0 aliphatic heterocycles. The monoisotopic (exact) mass is 402 g/mol. The molecule has 0 aromatic heterocycles. The third kappa shape index (κ3) is 6.39. The Morgan fingerprint density at radius 2 is 1.68 bits per heavy atom. The second kappa shape index (κ2) is 9.90. The third-order valence-corrected chi connectivity index (χ3v) is 4.33. The van der Waals surface area contributed by atoms with Crippen LogP contribution in [0.3, 0.4) is 0 Å². The van der Waals surface area contributed by atoms with Gasteiger partial charge in [0.25, 0.3) is 11.8 Å². The van der Waals surface area contributed by atoms with Crippen LogP contribution in [-0.2, 0) is 20.9 Å². The number of nitrogens with one attached hydrogen (secondary N) is 2. The highest BCUT2D eigenvalue weighted by molar-refractivity contribution is 6.31. The first kappa shape index (κ1) is 21.4. The van der Waals surface area contributed by atoms with Crippen molar-refractivity contribution >= 4 is 29.4 Å². The zero-order valence-corrected chi connectivity index (χ0v) is 16.8. The summed E-state index contributed by atoms with van der Waals surface area (Å²) < 4.78 is 5.07. The smallest absolute Gasteiger partial charge is 0.326 e. The van der Waals surface area contributed by atoms with E-state index < -0.39 is 18.0 Å². The first-order valence-corrected chi connectivity index (χ1v) is 9.21. The zero-order valence-electron chi connectivity index (χ0n) is 16.0. The van der Waals surface area contributed by atoms with Crippen LogP contribution in [0.2, 0.25) is 5.02 Å². The third-order valence-electron chi connectivity index (χ3n) is 3.97. The minimum atomic E-state index is -0.992. The van der Waals surface area contributed by atoms with E-state index in [4.69, 9.17) is 16.3 Å². The Balaban J connectivity index is 1.79. The second-order valence-corrected chi connectivity index (χ2v) is 6.91. The topological polar surface area (TPSA) is 84.5 Å². The predicted octanol–water partition coefficient (Wildman–Crippen LogP) is 2.93. The molecule has 148 valence electrons. The lowest BCUT2D eigenvalue weighted by Gasteiger charge is -2.14. The molecular weight excluding hydrogens is 380 g/mol. The number of carbonyl (C=O) groups excluding carboxylic acids is 3. The predicted molar refractivity (Wildman–Crippen MR) is 107 cm³/mol. The molecule has 0 fully saturated rings. The minimum absolute atomic E-state index is 0.226. The number of ether oxygens (including phenoxy) is 1. The van der Waals surface area contributed by atoms with Gasteiger partial charge in [0.05, 0.1) is 0 Å². The van der Waals surface area contributed by atoms with Crippen LogP contribution in [-0.4, -0.2) is 30.4 Å². The van der Waals surface area contributed by atoms with Gasteiger partial charge in [0.1, 0.15) is 6.54 Å². The fraction of sp³-hybridized carbons (Fsp3) is 0.286. The van der Waals surface area contributed by atoms with E-state index in [1.54, 1.807) is 30.3 Å². The van der Waals surface area contributed by atoms with E-state index in [1.807, 2.05) is 26.0 Å². The van der Waals surface area contributed by atoms with Crippen LogP contribution in [0, 0.1) is 13.8 Å². The summed E-state index contributed by atoms with van der Waals surface area (Å²) >= 11 is 6.04. The number of hydrogen-bond acceptors (Lipinski definition) is 4. The maximum atomic E-state index is 12.2. The van der Waals surface area contributed by atoms with Crippen LogP contribution in [0.5, 0.6) is 0 Å². The summed E-state index contributed by atoms with van der Waals surface area (Å²) in [7, 11) is 0. The number of amides is 2. The Hall–Kier alpha value is -2.86. The van der Waals surface area contributed by atoms with E-state index in [1.165, 1.54) is 6.92 Å². The number of hydrogen-bond donors (Lipinski definition) is 2. The van der Waals surface area contributed by atoms with Gasteiger partial charge in [-0.1, -0.05) is 47.0 Å². The summed E-state index contributed by atoms with van der Waals surface area (Å²) in [5, 5.41) is 5.70. The quantitative estimate of drug-likeness (QED) is 0.697. The van der Waals surface area contributed by atoms with Crippen LogP contribution in [0.4, 0.5) is 0 Å². The van der Waals surface area contributed by atoms with Crippen LogP contribution < -0.4 is 10.6 Å². The Morgan fingerprint density at radius 1 is 1.04 bits per heavy atom. The van der Waals surface area contributed by atoms with Crippen LogP contribution in [0.25, 0.3) is 0 Å². The van der Waals surface area contributed by atoms with Gasteiger partial charge in [-0.2, -0.15) is 0 Å². The molecule has 0 aliphatic rings. The number of carbonyl (C=O) groups is 3. The van der Waals surface area contributed by atoms with Crippen molar-refractivity contribution in [3.63, 3.8) is 0 Å². The van der Waals surface area contributed by atoms with Gasteiger partial charge < -0.3 is 15.4 Å². The molecule has 2 aromatic rings. The molecule has 7 heteroatoms. The lowest BCUT2D eigenvalue weighted by atomic mass is 10.1. The average molecular weight is 403 g/mol. The molecule has 0 heterocycles. The highest BCUT2D eigenvalue weighted by Gasteiger charge is 2.18. The molecule has 0 aliphatic carbocycles. The molecule has 2 amide bonds. The maximum absolute atomic E-state index is 12.2. The van der Waals surface area contributed by atoms with Gasteiger partial charge in [-0.25, -0.2) is 0 Å². The van der Waals surface area contributed by atoms with Crippen molar-refractivity contribution in [2.24, 2.45) is 0 Å². The summed E-state index contributed by atoms with van der Waals surface area (Å²) in [6.45, 7) is 5.14. The molecule has 1 atom stereocenters. The fourth-order valence-electron chi connectivity index (χ4n) is 2.62. The van der Waals surface area contributed by atoms with E-state index in [0.29, 0.717) is 10.6 Å². The highest BCUT2D eigenvalue weighted by Crippen LogP contribution is 2.14. The van der Waals surface area contributed by atoms with Gasteiger partial charge in [-0.15, -0.1) is 0 Å². The maximum Gasteiger partial charge on any atom is 0.326 e. The molecule has 2 aromatic carbocycles. The van der Waals surface area contributed by atoms with Crippen molar-refractivity contribution in [1.82, 2.24) is 10.6 Å². The molecule has 0 spiro atoms. The summed E-state index contributed by atoms with van der Waals surface area (Å²) in [6, 6.07) is 12.6. The largest absolute Gasteiger partial charge is 0.451 e. The molecule has 0 saturated carbocycles. The van der Waals surface area contributed by atoms with Crippen molar-refractivity contribution in [1.29, 1.82) is 0 Å². The Bertz CT molecular complexity index is 862. The van der Waals surface area contributed by atoms with Gasteiger partial charge >= 0.3 is 5.97 Å². The fourth-order valence-corrected chi connectivity index (χ4v) is 2.82. The molecule has 0 saturated heterocycles. The lowest BCUT2D eigenvalue weighted by Crippen LogP contribution is -2.38. The lowest BCUT2D eigenvalue weighted by molar-refractivity contribution is -0.153. The number of rotatable bonds is 7. The first-order valence-electron chi connectivity index (χ1n) is 8.83. The van der Waals surface area contributed by atoms with Crippen LogP contribution in [0.15, 0.2) is 42.5 Å². The molecule has 2 rings (SSSR count). The number of halogens is 1. The van der Waals surface area contributed by atoms with E-state index >= 15 is 0 Å². The Morgan fingerprint density at radius 3 is 2.32 bits per heavy atom. The van der Waals surface area contributed by atoms with Crippen molar-refractivity contribution in [3.8, 4) is 0 Å². The van der Waals surface area contributed by atoms with Crippen molar-refractivity contribution in [2.75, 3.05) is 6.54 Å². The normalized spacial score (nSPS) is 11.4. The van der Waals surface area contributed by atoms with E-state index in [9.17, 15) is 14.4 Å². The molecule has 1 unspecified atom stereocenters.